The van der Waals surface area contributed by atoms with Crippen LogP contribution in [-0.4, -0.2) is 63.2 Å². The van der Waals surface area contributed by atoms with Gasteiger partial charge in [-0.25, -0.2) is 0 Å². The quantitative estimate of drug-likeness (QED) is 0.771. The van der Waals surface area contributed by atoms with Crippen LogP contribution in [-0.2, 0) is 24.7 Å². The molecule has 4 heterocycles. The average molecular weight is 382 g/mol. The molecule has 28 heavy (non-hydrogen) atoms. The van der Waals surface area contributed by atoms with Gasteiger partial charge >= 0.3 is 0 Å². The number of likely N-dealkylation sites (tertiary alicyclic amines) is 2. The van der Waals surface area contributed by atoms with Crippen LogP contribution in [0.2, 0.25) is 0 Å². The van der Waals surface area contributed by atoms with E-state index in [4.69, 9.17) is 0 Å². The molecule has 0 aromatic carbocycles. The number of piperidine rings is 2. The summed E-state index contributed by atoms with van der Waals surface area (Å²) in [6.07, 6.45) is 12.0. The molecule has 0 radical (unpaired) electrons. The molecule has 1 amide bonds. The van der Waals surface area contributed by atoms with Crippen molar-refractivity contribution in [3.8, 4) is 0 Å². The number of rotatable bonds is 6. The summed E-state index contributed by atoms with van der Waals surface area (Å²) in [6.45, 7) is 5.10. The molecular formula is C22H31N5O. The van der Waals surface area contributed by atoms with Crippen molar-refractivity contribution in [3.63, 3.8) is 0 Å². The molecule has 0 bridgehead atoms. The Morgan fingerprint density at radius 1 is 1.11 bits per heavy atom. The molecule has 2 saturated heterocycles. The Kier molecular flexibility index (Phi) is 5.76. The minimum absolute atomic E-state index is 0.320. The van der Waals surface area contributed by atoms with Crippen LogP contribution in [0, 0.1) is 5.41 Å². The normalized spacial score (nSPS) is 20.0. The van der Waals surface area contributed by atoms with Gasteiger partial charge in [0, 0.05) is 57.6 Å². The SMILES string of the molecule is Cn1cc(CCN2CCC3(CCC(=O)N(CCc4ccccn4)C3)CC2)cn1. The first-order chi connectivity index (χ1) is 13.6. The summed E-state index contributed by atoms with van der Waals surface area (Å²) >= 11 is 0. The van der Waals surface area contributed by atoms with Gasteiger partial charge in [-0.1, -0.05) is 6.07 Å². The van der Waals surface area contributed by atoms with Crippen LogP contribution >= 0.6 is 0 Å². The first kappa shape index (κ1) is 19.1. The Balaban J connectivity index is 1.27. The number of hydrogen-bond acceptors (Lipinski definition) is 4. The highest BCUT2D eigenvalue weighted by Crippen LogP contribution is 2.40. The summed E-state index contributed by atoms with van der Waals surface area (Å²) in [7, 11) is 1.97. The minimum atomic E-state index is 0.320. The maximum Gasteiger partial charge on any atom is 0.222 e. The van der Waals surface area contributed by atoms with Gasteiger partial charge in [-0.2, -0.15) is 5.10 Å². The van der Waals surface area contributed by atoms with E-state index in [9.17, 15) is 4.79 Å². The van der Waals surface area contributed by atoms with E-state index in [0.29, 0.717) is 17.7 Å². The van der Waals surface area contributed by atoms with Crippen molar-refractivity contribution in [2.24, 2.45) is 12.5 Å². The molecule has 0 N–H and O–H groups in total. The van der Waals surface area contributed by atoms with E-state index in [2.05, 4.69) is 26.1 Å². The Bertz CT molecular complexity index is 779. The van der Waals surface area contributed by atoms with Crippen molar-refractivity contribution in [2.75, 3.05) is 32.7 Å². The van der Waals surface area contributed by atoms with Gasteiger partial charge in [0.15, 0.2) is 0 Å². The van der Waals surface area contributed by atoms with Gasteiger partial charge in [0.2, 0.25) is 5.91 Å². The predicted octanol–water partition coefficient (Wildman–Crippen LogP) is 2.30. The highest BCUT2D eigenvalue weighted by Gasteiger charge is 2.40. The molecule has 2 aromatic heterocycles. The van der Waals surface area contributed by atoms with Crippen molar-refractivity contribution in [2.45, 2.75) is 38.5 Å². The standard InChI is InChI=1S/C22H31N5O/c1-25-17-19(16-24-25)6-12-26-14-9-22(10-15-26)8-5-21(28)27(18-22)13-7-20-4-2-3-11-23-20/h2-4,11,16-17H,5-10,12-15,18H2,1H3. The lowest BCUT2D eigenvalue weighted by Gasteiger charge is -2.47. The third-order valence-electron chi connectivity index (χ3n) is 6.50. The summed E-state index contributed by atoms with van der Waals surface area (Å²) in [5.74, 6) is 0.320. The lowest BCUT2D eigenvalue weighted by molar-refractivity contribution is -0.139. The lowest BCUT2D eigenvalue weighted by Crippen LogP contribution is -2.52. The molecule has 2 aromatic rings. The van der Waals surface area contributed by atoms with Gasteiger partial charge in [-0.05, 0) is 61.9 Å². The number of hydrogen-bond donors (Lipinski definition) is 0. The van der Waals surface area contributed by atoms with Gasteiger partial charge in [0.1, 0.15) is 0 Å². The number of carbonyl (C=O) groups is 1. The van der Waals surface area contributed by atoms with E-state index >= 15 is 0 Å². The zero-order chi connectivity index (χ0) is 19.4. The highest BCUT2D eigenvalue weighted by molar-refractivity contribution is 5.77. The second kappa shape index (κ2) is 8.43. The van der Waals surface area contributed by atoms with Crippen LogP contribution in [0.3, 0.4) is 0 Å². The Morgan fingerprint density at radius 3 is 2.68 bits per heavy atom. The van der Waals surface area contributed by atoms with Crippen LogP contribution in [0.15, 0.2) is 36.8 Å². The van der Waals surface area contributed by atoms with Gasteiger partial charge in [-0.15, -0.1) is 0 Å². The maximum absolute atomic E-state index is 12.5. The van der Waals surface area contributed by atoms with Gasteiger partial charge in [0.25, 0.3) is 0 Å². The van der Waals surface area contributed by atoms with E-state index in [0.717, 1.165) is 57.7 Å². The largest absolute Gasteiger partial charge is 0.342 e. The predicted molar refractivity (Wildman–Crippen MR) is 109 cm³/mol. The molecular weight excluding hydrogens is 350 g/mol. The number of nitrogens with zero attached hydrogens (tertiary/aromatic N) is 5. The first-order valence-corrected chi connectivity index (χ1v) is 10.5. The zero-order valence-electron chi connectivity index (χ0n) is 16.9. The number of aromatic nitrogens is 3. The Hall–Kier alpha value is -2.21. The molecule has 6 nitrogen and oxygen atoms in total. The first-order valence-electron chi connectivity index (χ1n) is 10.5. The van der Waals surface area contributed by atoms with E-state index in [-0.39, 0.29) is 0 Å². The lowest BCUT2D eigenvalue weighted by atomic mass is 9.72. The fraction of sp³-hybridized carbons (Fsp3) is 0.591. The third-order valence-corrected chi connectivity index (χ3v) is 6.50. The smallest absolute Gasteiger partial charge is 0.222 e. The summed E-state index contributed by atoms with van der Waals surface area (Å²) in [5, 5.41) is 4.26. The van der Waals surface area contributed by atoms with Crippen molar-refractivity contribution in [3.05, 3.63) is 48.0 Å². The Labute approximate surface area is 167 Å². The second-order valence-corrected chi connectivity index (χ2v) is 8.50. The Morgan fingerprint density at radius 2 is 1.96 bits per heavy atom. The number of pyridine rings is 1. The van der Waals surface area contributed by atoms with Crippen molar-refractivity contribution in [1.82, 2.24) is 24.6 Å². The fourth-order valence-corrected chi connectivity index (χ4v) is 4.65. The molecule has 2 aliphatic rings. The molecule has 0 aliphatic carbocycles. The number of carbonyl (C=O) groups excluding carboxylic acids is 1. The van der Waals surface area contributed by atoms with E-state index in [1.54, 1.807) is 0 Å². The minimum Gasteiger partial charge on any atom is -0.342 e. The van der Waals surface area contributed by atoms with Crippen LogP contribution in [0.4, 0.5) is 0 Å². The van der Waals surface area contributed by atoms with E-state index < -0.39 is 0 Å². The summed E-state index contributed by atoms with van der Waals surface area (Å²) < 4.78 is 1.87. The van der Waals surface area contributed by atoms with Crippen LogP contribution in [0.5, 0.6) is 0 Å². The van der Waals surface area contributed by atoms with E-state index in [1.807, 2.05) is 42.3 Å². The molecule has 0 unspecified atom stereocenters. The van der Waals surface area contributed by atoms with Crippen LogP contribution < -0.4 is 0 Å². The average Bonchev–Trinajstić information content (AvgIpc) is 3.14. The van der Waals surface area contributed by atoms with Crippen LogP contribution in [0.1, 0.15) is 36.9 Å². The zero-order valence-corrected chi connectivity index (χ0v) is 16.9. The van der Waals surface area contributed by atoms with Gasteiger partial charge in [0.05, 0.1) is 6.20 Å². The monoisotopic (exact) mass is 381 g/mol. The summed E-state index contributed by atoms with van der Waals surface area (Å²) in [4.78, 5) is 21.5. The molecule has 0 atom stereocenters. The molecule has 1 spiro atoms. The molecule has 4 rings (SSSR count). The molecule has 2 fully saturated rings. The molecule has 6 heteroatoms. The summed E-state index contributed by atoms with van der Waals surface area (Å²) in [6, 6.07) is 6.00. The van der Waals surface area contributed by atoms with Crippen molar-refractivity contribution < 1.29 is 4.79 Å². The second-order valence-electron chi connectivity index (χ2n) is 8.50. The van der Waals surface area contributed by atoms with Crippen molar-refractivity contribution >= 4 is 5.91 Å². The number of aryl methyl sites for hydroxylation is 1. The number of amides is 1. The van der Waals surface area contributed by atoms with Crippen LogP contribution in [0.25, 0.3) is 0 Å². The van der Waals surface area contributed by atoms with Gasteiger partial charge in [-0.3, -0.25) is 14.5 Å². The van der Waals surface area contributed by atoms with E-state index in [1.165, 1.54) is 18.4 Å². The van der Waals surface area contributed by atoms with Crippen molar-refractivity contribution in [1.29, 1.82) is 0 Å². The third kappa shape index (κ3) is 4.61. The summed E-state index contributed by atoms with van der Waals surface area (Å²) in [5.41, 5.74) is 2.70. The fourth-order valence-electron chi connectivity index (χ4n) is 4.65. The molecule has 2 aliphatic heterocycles. The molecule has 0 saturated carbocycles. The molecule has 150 valence electrons. The topological polar surface area (TPSA) is 54.3 Å². The maximum atomic E-state index is 12.5. The highest BCUT2D eigenvalue weighted by atomic mass is 16.2. The van der Waals surface area contributed by atoms with Gasteiger partial charge < -0.3 is 9.80 Å².